The van der Waals surface area contributed by atoms with Crippen LogP contribution >= 0.6 is 22.7 Å². The van der Waals surface area contributed by atoms with Gasteiger partial charge in [-0.1, -0.05) is 17.4 Å². The van der Waals surface area contributed by atoms with Crippen LogP contribution in [0.25, 0.3) is 16.3 Å². The van der Waals surface area contributed by atoms with E-state index < -0.39 is 0 Å². The van der Waals surface area contributed by atoms with Gasteiger partial charge in [-0.3, -0.25) is 9.69 Å². The predicted molar refractivity (Wildman–Crippen MR) is 104 cm³/mol. The smallest absolute Gasteiger partial charge is 0.252 e. The minimum absolute atomic E-state index is 0.130. The summed E-state index contributed by atoms with van der Waals surface area (Å²) in [6, 6.07) is 8.38. The molecule has 25 heavy (non-hydrogen) atoms. The number of hydrogen-bond donors (Lipinski definition) is 0. The Morgan fingerprint density at radius 2 is 2.12 bits per heavy atom. The van der Waals surface area contributed by atoms with Crippen LogP contribution in [0, 0.1) is 5.82 Å². The fourth-order valence-corrected chi connectivity index (χ4v) is 3.87. The van der Waals surface area contributed by atoms with Gasteiger partial charge in [0.2, 0.25) is 0 Å². The van der Waals surface area contributed by atoms with Crippen LogP contribution in [-0.2, 0) is 4.79 Å². The quantitative estimate of drug-likeness (QED) is 0.609. The third kappa shape index (κ3) is 4.50. The highest BCUT2D eigenvalue weighted by atomic mass is 32.1. The van der Waals surface area contributed by atoms with E-state index in [1.54, 1.807) is 28.4 Å². The van der Waals surface area contributed by atoms with Crippen molar-refractivity contribution in [3.63, 3.8) is 0 Å². The average molecular weight is 375 g/mol. The van der Waals surface area contributed by atoms with E-state index in [0.29, 0.717) is 23.7 Å². The Hall–Kier alpha value is -2.09. The minimum Gasteiger partial charge on any atom is -0.308 e. The maximum Gasteiger partial charge on any atom is 0.252 e. The van der Waals surface area contributed by atoms with Crippen LogP contribution in [0.15, 0.2) is 41.8 Å². The predicted octanol–water partition coefficient (Wildman–Crippen LogP) is 4.10. The lowest BCUT2D eigenvalue weighted by molar-refractivity contribution is -0.114. The van der Waals surface area contributed by atoms with Gasteiger partial charge >= 0.3 is 0 Å². The van der Waals surface area contributed by atoms with Gasteiger partial charge in [-0.05, 0) is 49.8 Å². The first-order valence-corrected chi connectivity index (χ1v) is 9.46. The molecular weight excluding hydrogens is 357 g/mol. The van der Waals surface area contributed by atoms with Crippen LogP contribution in [0.3, 0.4) is 0 Å². The molecule has 0 aliphatic rings. The van der Waals surface area contributed by atoms with E-state index in [9.17, 15) is 9.18 Å². The zero-order valence-electron chi connectivity index (χ0n) is 14.0. The molecule has 4 nitrogen and oxygen atoms in total. The van der Waals surface area contributed by atoms with Crippen molar-refractivity contribution in [1.29, 1.82) is 0 Å². The number of aromatic nitrogens is 1. The van der Waals surface area contributed by atoms with E-state index in [-0.39, 0.29) is 11.7 Å². The zero-order chi connectivity index (χ0) is 17.8. The van der Waals surface area contributed by atoms with Gasteiger partial charge in [0.25, 0.3) is 5.91 Å². The Morgan fingerprint density at radius 3 is 2.84 bits per heavy atom. The molecule has 0 radical (unpaired) electrons. The number of carbonyl (C=O) groups excluding carboxylic acids is 1. The fourth-order valence-electron chi connectivity index (χ4n) is 2.23. The summed E-state index contributed by atoms with van der Waals surface area (Å²) in [4.78, 5) is 21.9. The SMILES string of the molecule is CN(C)CCN(C(=O)/C=C/c1cccs1)c1nc2ccc(F)cc2s1. The summed E-state index contributed by atoms with van der Waals surface area (Å²) in [6.45, 7) is 1.23. The number of benzene rings is 1. The van der Waals surface area contributed by atoms with Crippen LogP contribution in [0.5, 0.6) is 0 Å². The molecule has 2 aromatic heterocycles. The van der Waals surface area contributed by atoms with Gasteiger partial charge in [0, 0.05) is 24.0 Å². The molecule has 0 N–H and O–H groups in total. The van der Waals surface area contributed by atoms with E-state index >= 15 is 0 Å². The Labute approximate surface area is 153 Å². The van der Waals surface area contributed by atoms with E-state index in [2.05, 4.69) is 4.98 Å². The number of anilines is 1. The van der Waals surface area contributed by atoms with Gasteiger partial charge in [-0.25, -0.2) is 9.37 Å². The summed E-state index contributed by atoms with van der Waals surface area (Å²) < 4.78 is 14.2. The summed E-state index contributed by atoms with van der Waals surface area (Å²) in [7, 11) is 3.91. The molecule has 7 heteroatoms. The molecule has 2 heterocycles. The second-order valence-electron chi connectivity index (χ2n) is 5.75. The maximum absolute atomic E-state index is 13.4. The highest BCUT2D eigenvalue weighted by Gasteiger charge is 2.18. The summed E-state index contributed by atoms with van der Waals surface area (Å²) in [6.07, 6.45) is 3.37. The normalized spacial score (nSPS) is 11.7. The van der Waals surface area contributed by atoms with Crippen molar-refractivity contribution in [3.8, 4) is 0 Å². The molecule has 0 aliphatic heterocycles. The Morgan fingerprint density at radius 1 is 1.28 bits per heavy atom. The van der Waals surface area contributed by atoms with Crippen molar-refractivity contribution in [1.82, 2.24) is 9.88 Å². The molecule has 3 aromatic rings. The molecule has 130 valence electrons. The van der Waals surface area contributed by atoms with Crippen molar-refractivity contribution >= 4 is 50.0 Å². The van der Waals surface area contributed by atoms with E-state index in [1.807, 2.05) is 42.6 Å². The number of carbonyl (C=O) groups is 1. The minimum atomic E-state index is -0.300. The third-order valence-electron chi connectivity index (χ3n) is 3.54. The molecule has 3 rings (SSSR count). The van der Waals surface area contributed by atoms with E-state index in [0.717, 1.165) is 9.58 Å². The van der Waals surface area contributed by atoms with Crippen LogP contribution in [0.2, 0.25) is 0 Å². The number of hydrogen-bond acceptors (Lipinski definition) is 5. The van der Waals surface area contributed by atoms with Crippen molar-refractivity contribution in [2.24, 2.45) is 0 Å². The van der Waals surface area contributed by atoms with Crippen molar-refractivity contribution in [2.45, 2.75) is 0 Å². The molecule has 0 spiro atoms. The van der Waals surface area contributed by atoms with E-state index in [1.165, 1.54) is 23.5 Å². The third-order valence-corrected chi connectivity index (χ3v) is 5.42. The van der Waals surface area contributed by atoms with Crippen LogP contribution in [0.1, 0.15) is 4.88 Å². The van der Waals surface area contributed by atoms with Crippen LogP contribution in [-0.4, -0.2) is 43.0 Å². The molecule has 0 saturated carbocycles. The number of fused-ring (bicyclic) bond motifs is 1. The first kappa shape index (κ1) is 17.7. The molecule has 1 amide bonds. The highest BCUT2D eigenvalue weighted by Crippen LogP contribution is 2.29. The second kappa shape index (κ2) is 7.86. The van der Waals surface area contributed by atoms with Gasteiger partial charge in [-0.15, -0.1) is 11.3 Å². The number of thiophene rings is 1. The zero-order valence-corrected chi connectivity index (χ0v) is 15.6. The Balaban J connectivity index is 1.88. The van der Waals surface area contributed by atoms with Crippen molar-refractivity contribution < 1.29 is 9.18 Å². The van der Waals surface area contributed by atoms with E-state index in [4.69, 9.17) is 0 Å². The molecule has 0 unspecified atom stereocenters. The number of likely N-dealkylation sites (N-methyl/N-ethyl adjacent to an activating group) is 1. The number of thiazole rings is 1. The maximum atomic E-state index is 13.4. The van der Waals surface area contributed by atoms with Gasteiger partial charge in [0.05, 0.1) is 10.2 Å². The number of halogens is 1. The van der Waals surface area contributed by atoms with Crippen LogP contribution < -0.4 is 4.90 Å². The second-order valence-corrected chi connectivity index (χ2v) is 7.74. The largest absolute Gasteiger partial charge is 0.308 e. The molecule has 1 aromatic carbocycles. The summed E-state index contributed by atoms with van der Waals surface area (Å²) in [5, 5.41) is 2.55. The fraction of sp³-hybridized carbons (Fsp3) is 0.222. The first-order chi connectivity index (χ1) is 12.0. The Bertz CT molecular complexity index is 887. The first-order valence-electron chi connectivity index (χ1n) is 7.77. The monoisotopic (exact) mass is 375 g/mol. The average Bonchev–Trinajstić information content (AvgIpc) is 3.21. The molecule has 0 bridgehead atoms. The topological polar surface area (TPSA) is 36.4 Å². The lowest BCUT2D eigenvalue weighted by Gasteiger charge is -2.20. The van der Waals surface area contributed by atoms with Crippen LogP contribution in [0.4, 0.5) is 9.52 Å². The molecule has 0 aliphatic carbocycles. The van der Waals surface area contributed by atoms with Crippen molar-refractivity contribution in [2.75, 3.05) is 32.1 Å². The summed E-state index contributed by atoms with van der Waals surface area (Å²) in [5.41, 5.74) is 0.700. The summed E-state index contributed by atoms with van der Waals surface area (Å²) >= 11 is 2.90. The van der Waals surface area contributed by atoms with Gasteiger partial charge in [-0.2, -0.15) is 0 Å². The lowest BCUT2D eigenvalue weighted by atomic mass is 10.3. The van der Waals surface area contributed by atoms with Gasteiger partial charge < -0.3 is 4.90 Å². The number of rotatable bonds is 6. The molecular formula is C18H18FN3OS2. The van der Waals surface area contributed by atoms with Crippen molar-refractivity contribution in [3.05, 3.63) is 52.5 Å². The Kier molecular flexibility index (Phi) is 5.57. The molecule has 0 saturated heterocycles. The summed E-state index contributed by atoms with van der Waals surface area (Å²) in [5.74, 6) is -0.429. The number of amides is 1. The number of nitrogens with zero attached hydrogens (tertiary/aromatic N) is 3. The lowest BCUT2D eigenvalue weighted by Crippen LogP contribution is -2.35. The molecule has 0 atom stereocenters. The highest BCUT2D eigenvalue weighted by molar-refractivity contribution is 7.22. The molecule has 0 fully saturated rings. The van der Waals surface area contributed by atoms with Gasteiger partial charge in [0.15, 0.2) is 5.13 Å². The van der Waals surface area contributed by atoms with Gasteiger partial charge in [0.1, 0.15) is 5.82 Å². The standard InChI is InChI=1S/C18H18FN3OS2/c1-21(2)9-10-22(17(23)8-6-14-4-3-11-24-14)18-20-15-7-5-13(19)12-16(15)25-18/h3-8,11-12H,9-10H2,1-2H3/b8-6+.